The normalized spacial score (nSPS) is 11.8. The minimum atomic E-state index is -5.35. The molecule has 198 valence electrons. The molecular formula is C22H17N4NaO10S2. The number of hydrogen-bond acceptors (Lipinski definition) is 11. The van der Waals surface area contributed by atoms with Crippen LogP contribution in [0.1, 0.15) is 20.7 Å². The van der Waals surface area contributed by atoms with Gasteiger partial charge < -0.3 is 35.4 Å². The van der Waals surface area contributed by atoms with Crippen molar-refractivity contribution in [3.63, 3.8) is 0 Å². The van der Waals surface area contributed by atoms with Crippen molar-refractivity contribution in [3.8, 4) is 22.5 Å². The van der Waals surface area contributed by atoms with E-state index in [0.29, 0.717) is 0 Å². The standard InChI is InChI=1S/C22H18N4O10S2.Na/c23-8-26-21(27)9-1-2-10(13(7-9)22(28)29)16-11-3-5-14(24)19(37(30,31)32)17(11)36-18-12(16)4-6-15(25)20(18)38(33,34)35;/h1-7,24H,8,23,25H2,(H,26,27)(H,28,29)(H,30,31,32)(H,33,34,35);/q;+1/p-1. The number of aromatic carboxylic acids is 1. The number of hydrogen-bond donors (Lipinski definition) is 5. The number of nitrogens with one attached hydrogen (secondary N) is 1. The average molecular weight is 585 g/mol. The Hall–Kier alpha value is -3.35. The number of nitrogen functional groups attached to an aromatic ring is 1. The predicted molar refractivity (Wildman–Crippen MR) is 127 cm³/mol. The molecule has 0 saturated carbocycles. The summed E-state index contributed by atoms with van der Waals surface area (Å²) < 4.78 is 78.2. The van der Waals surface area contributed by atoms with Crippen molar-refractivity contribution < 1.29 is 80.0 Å². The summed E-state index contributed by atoms with van der Waals surface area (Å²) in [6, 6.07) is 8.01. The molecule has 2 aromatic rings. The predicted octanol–water partition coefficient (Wildman–Crippen LogP) is -4.40. The summed E-state index contributed by atoms with van der Waals surface area (Å²) >= 11 is 0. The molecule has 0 aromatic heterocycles. The van der Waals surface area contributed by atoms with Crippen molar-refractivity contribution in [2.75, 3.05) is 12.4 Å². The summed E-state index contributed by atoms with van der Waals surface area (Å²) in [6.45, 7) is -0.236. The van der Waals surface area contributed by atoms with Gasteiger partial charge in [-0.1, -0.05) is 6.07 Å². The van der Waals surface area contributed by atoms with Gasteiger partial charge in [-0.2, -0.15) is 0 Å². The van der Waals surface area contributed by atoms with E-state index in [9.17, 15) is 40.6 Å². The van der Waals surface area contributed by atoms with Gasteiger partial charge in [0.2, 0.25) is 5.36 Å². The van der Waals surface area contributed by atoms with Gasteiger partial charge in [-0.3, -0.25) is 10.2 Å². The summed E-state index contributed by atoms with van der Waals surface area (Å²) in [4.78, 5) is 22.4. The number of nitrogens with two attached hydrogens (primary N) is 3. The Morgan fingerprint density at radius 1 is 0.974 bits per heavy atom. The minimum Gasteiger partial charge on any atom is -0.744 e. The second kappa shape index (κ2) is 10.7. The first-order valence-corrected chi connectivity index (χ1v) is 13.2. The van der Waals surface area contributed by atoms with Crippen LogP contribution < -0.4 is 57.1 Å². The fraction of sp³-hybridized carbons (Fsp3) is 0.0455. The molecule has 0 spiro atoms. The second-order valence-corrected chi connectivity index (χ2v) is 10.5. The van der Waals surface area contributed by atoms with E-state index in [1.807, 2.05) is 0 Å². The number of carbonyl (C=O) groups is 2. The molecule has 1 amide bonds. The van der Waals surface area contributed by atoms with Crippen LogP contribution in [0.5, 0.6) is 0 Å². The summed E-state index contributed by atoms with van der Waals surface area (Å²) in [6.07, 6.45) is 0. The Kier molecular flexibility index (Phi) is 8.26. The Labute approximate surface area is 242 Å². The minimum absolute atomic E-state index is 0. The Morgan fingerprint density at radius 3 is 2.15 bits per heavy atom. The number of amides is 1. The van der Waals surface area contributed by atoms with E-state index < -0.39 is 69.9 Å². The maximum atomic E-state index is 12.2. The quantitative estimate of drug-likeness (QED) is 0.0472. The van der Waals surface area contributed by atoms with Crippen LogP contribution in [0.15, 0.2) is 56.7 Å². The summed E-state index contributed by atoms with van der Waals surface area (Å²) in [5, 5.41) is 17.3. The van der Waals surface area contributed by atoms with Crippen LogP contribution >= 0.6 is 0 Å². The van der Waals surface area contributed by atoms with Crippen LogP contribution in [0.3, 0.4) is 0 Å². The molecule has 0 atom stereocenters. The first-order chi connectivity index (χ1) is 17.7. The van der Waals surface area contributed by atoms with Gasteiger partial charge in [0, 0.05) is 28.1 Å². The summed E-state index contributed by atoms with van der Waals surface area (Å²) in [5.74, 6) is -2.96. The summed E-state index contributed by atoms with van der Waals surface area (Å²) in [5.41, 5.74) is 8.72. The van der Waals surface area contributed by atoms with Gasteiger partial charge in [0.15, 0.2) is 16.2 Å². The van der Waals surface area contributed by atoms with Crippen molar-refractivity contribution in [2.45, 2.75) is 9.79 Å². The Bertz CT molecular complexity index is 1920. The van der Waals surface area contributed by atoms with Crippen LogP contribution in [0.4, 0.5) is 5.69 Å². The van der Waals surface area contributed by atoms with Crippen molar-refractivity contribution in [1.82, 2.24) is 5.32 Å². The Balaban J connectivity index is 0.00000420. The van der Waals surface area contributed by atoms with Crippen molar-refractivity contribution in [2.24, 2.45) is 5.73 Å². The average Bonchev–Trinajstić information content (AvgIpc) is 2.80. The fourth-order valence-electron chi connectivity index (χ4n) is 4.08. The zero-order valence-corrected chi connectivity index (χ0v) is 23.6. The maximum absolute atomic E-state index is 12.2. The number of fused-ring (bicyclic) bond motifs is 2. The van der Waals surface area contributed by atoms with Crippen molar-refractivity contribution >= 4 is 48.8 Å². The van der Waals surface area contributed by atoms with Crippen molar-refractivity contribution in [1.29, 1.82) is 0 Å². The molecule has 0 radical (unpaired) electrons. The van der Waals surface area contributed by atoms with Gasteiger partial charge in [-0.25, -0.2) is 21.6 Å². The van der Waals surface area contributed by atoms with E-state index >= 15 is 0 Å². The molecule has 14 nitrogen and oxygen atoms in total. The number of anilines is 1. The van der Waals surface area contributed by atoms with Crippen LogP contribution in [0, 0.1) is 0 Å². The number of carbonyl (C=O) groups excluding carboxylic acids is 1. The molecule has 0 fully saturated rings. The van der Waals surface area contributed by atoms with Crippen molar-refractivity contribution in [3.05, 3.63) is 58.9 Å². The molecular weight excluding hydrogens is 567 g/mol. The molecule has 0 bridgehead atoms. The third-order valence-electron chi connectivity index (χ3n) is 5.57. The van der Waals surface area contributed by atoms with Gasteiger partial charge >= 0.3 is 35.5 Å². The second-order valence-electron chi connectivity index (χ2n) is 7.88. The number of benzene rings is 3. The molecule has 0 unspecified atom stereocenters. The first-order valence-electron chi connectivity index (χ1n) is 10.3. The van der Waals surface area contributed by atoms with E-state index in [0.717, 1.165) is 18.2 Å². The number of carboxylic acids is 1. The van der Waals surface area contributed by atoms with E-state index in [-0.39, 0.29) is 63.9 Å². The van der Waals surface area contributed by atoms with E-state index in [1.54, 1.807) is 0 Å². The molecule has 0 saturated heterocycles. The van der Waals surface area contributed by atoms with Gasteiger partial charge in [0.05, 0.1) is 17.9 Å². The third-order valence-corrected chi connectivity index (χ3v) is 7.41. The van der Waals surface area contributed by atoms with Crippen LogP contribution in [0.25, 0.3) is 33.4 Å². The zero-order chi connectivity index (χ0) is 28.2. The largest absolute Gasteiger partial charge is 1.00 e. The van der Waals surface area contributed by atoms with E-state index in [1.165, 1.54) is 24.3 Å². The molecule has 8 N–H and O–H groups in total. The smallest absolute Gasteiger partial charge is 0.744 e. The number of rotatable bonds is 6. The first kappa shape index (κ1) is 30.2. The maximum Gasteiger partial charge on any atom is 1.00 e. The van der Waals surface area contributed by atoms with Gasteiger partial charge in [-0.05, 0) is 35.9 Å². The molecule has 2 aromatic carbocycles. The number of carboxylic acid groups (broad SMARTS) is 1. The van der Waals surface area contributed by atoms with E-state index in [2.05, 4.69) is 5.32 Å². The molecule has 2 aliphatic rings. The van der Waals surface area contributed by atoms with Crippen LogP contribution in [-0.4, -0.2) is 49.6 Å². The van der Waals surface area contributed by atoms with E-state index in [4.69, 9.17) is 21.3 Å². The summed E-state index contributed by atoms with van der Waals surface area (Å²) in [7, 11) is -10.7. The van der Waals surface area contributed by atoms with Crippen LogP contribution in [-0.2, 0) is 20.2 Å². The molecule has 17 heteroatoms. The zero-order valence-electron chi connectivity index (χ0n) is 19.9. The van der Waals surface area contributed by atoms with Gasteiger partial charge in [-0.15, -0.1) is 0 Å². The Morgan fingerprint density at radius 2 is 1.59 bits per heavy atom. The third kappa shape index (κ3) is 5.41. The monoisotopic (exact) mass is 584 g/mol. The van der Waals surface area contributed by atoms with Gasteiger partial charge in [0.1, 0.15) is 25.1 Å². The molecule has 1 aliphatic carbocycles. The van der Waals surface area contributed by atoms with Gasteiger partial charge in [0.25, 0.3) is 5.91 Å². The van der Waals surface area contributed by atoms with Crippen LogP contribution in [0.2, 0.25) is 0 Å². The SMILES string of the molecule is NCNC(=O)c1ccc(-c2c3ccc(=[NH2+])c(S(=O)(=O)[O-])c-3oc3c(S(=O)(=O)[O-])c(N)ccc23)c(C(=O)O)c1.[Na+]. The fourth-order valence-corrected chi connectivity index (χ4v) is 5.55. The molecule has 4 rings (SSSR count). The molecule has 1 aliphatic heterocycles. The molecule has 1 heterocycles. The topological polar surface area (TPSA) is 272 Å². The molecule has 39 heavy (non-hydrogen) atoms.